The summed E-state index contributed by atoms with van der Waals surface area (Å²) in [6, 6.07) is 8.20. The van der Waals surface area contributed by atoms with Crippen LogP contribution in [0.5, 0.6) is 5.75 Å². The van der Waals surface area contributed by atoms with E-state index in [2.05, 4.69) is 34.7 Å². The first-order valence-electron chi connectivity index (χ1n) is 10.1. The number of aliphatic imine (C=N–C) groups is 1. The molecule has 1 aliphatic rings. The molecule has 2 N–H and O–H groups in total. The van der Waals surface area contributed by atoms with Crippen molar-refractivity contribution in [3.63, 3.8) is 0 Å². The fourth-order valence-corrected chi connectivity index (χ4v) is 2.83. The predicted octanol–water partition coefficient (Wildman–Crippen LogP) is 3.59. The molecule has 1 fully saturated rings. The lowest BCUT2D eigenvalue weighted by Crippen LogP contribution is -2.37. The van der Waals surface area contributed by atoms with Gasteiger partial charge in [0.05, 0.1) is 19.8 Å². The van der Waals surface area contributed by atoms with Crippen molar-refractivity contribution in [3.8, 4) is 5.75 Å². The minimum atomic E-state index is 0. The van der Waals surface area contributed by atoms with Crippen LogP contribution in [0.25, 0.3) is 0 Å². The monoisotopic (exact) mass is 505 g/mol. The Morgan fingerprint density at radius 1 is 1.25 bits per heavy atom. The zero-order valence-corrected chi connectivity index (χ0v) is 19.6. The van der Waals surface area contributed by atoms with E-state index in [1.54, 1.807) is 7.05 Å². The predicted molar refractivity (Wildman–Crippen MR) is 125 cm³/mol. The highest BCUT2D eigenvalue weighted by Gasteiger charge is 2.15. The molecule has 0 radical (unpaired) electrons. The van der Waals surface area contributed by atoms with Crippen LogP contribution < -0.4 is 15.4 Å². The van der Waals surface area contributed by atoms with Crippen molar-refractivity contribution in [2.45, 2.75) is 39.2 Å². The lowest BCUT2D eigenvalue weighted by atomic mass is 10.1. The van der Waals surface area contributed by atoms with E-state index in [1.165, 1.54) is 5.56 Å². The summed E-state index contributed by atoms with van der Waals surface area (Å²) in [5.41, 5.74) is 1.18. The molecular weight excluding hydrogens is 469 g/mol. The lowest BCUT2D eigenvalue weighted by molar-refractivity contribution is 0.0888. The average Bonchev–Trinajstić information content (AvgIpc) is 3.21. The molecule has 0 aliphatic carbocycles. The molecule has 160 valence electrons. The molecule has 1 heterocycles. The lowest BCUT2D eigenvalue weighted by Gasteiger charge is -2.13. The van der Waals surface area contributed by atoms with Crippen LogP contribution in [0.1, 0.15) is 38.2 Å². The summed E-state index contributed by atoms with van der Waals surface area (Å²) in [5.74, 6) is 2.31. The molecule has 2 rings (SSSR count). The maximum atomic E-state index is 5.76. The number of hydrogen-bond donors (Lipinski definition) is 2. The van der Waals surface area contributed by atoms with E-state index in [9.17, 15) is 0 Å². The third-order valence-corrected chi connectivity index (χ3v) is 4.48. The van der Waals surface area contributed by atoms with Crippen molar-refractivity contribution < 1.29 is 14.2 Å². The first kappa shape index (κ1) is 25.0. The summed E-state index contributed by atoms with van der Waals surface area (Å²) in [6.45, 7) is 7.78. The van der Waals surface area contributed by atoms with Crippen LogP contribution in [0.4, 0.5) is 0 Å². The molecule has 0 bridgehead atoms. The van der Waals surface area contributed by atoms with Crippen LogP contribution in [0, 0.1) is 5.92 Å². The van der Waals surface area contributed by atoms with E-state index in [0.29, 0.717) is 12.5 Å². The molecule has 1 aliphatic heterocycles. The number of rotatable bonds is 12. The first-order valence-corrected chi connectivity index (χ1v) is 10.1. The Hall–Kier alpha value is -1.06. The second-order valence-corrected chi connectivity index (χ2v) is 6.86. The summed E-state index contributed by atoms with van der Waals surface area (Å²) >= 11 is 0. The molecular formula is C21H36IN3O3. The minimum absolute atomic E-state index is 0. The van der Waals surface area contributed by atoms with Gasteiger partial charge in [0.25, 0.3) is 0 Å². The van der Waals surface area contributed by atoms with E-state index < -0.39 is 0 Å². The fourth-order valence-electron chi connectivity index (χ4n) is 2.83. The number of halogens is 1. The van der Waals surface area contributed by atoms with Gasteiger partial charge in [-0.15, -0.1) is 24.0 Å². The molecule has 1 saturated heterocycles. The van der Waals surface area contributed by atoms with E-state index >= 15 is 0 Å². The van der Waals surface area contributed by atoms with E-state index in [-0.39, 0.29) is 24.0 Å². The Labute approximate surface area is 186 Å². The normalized spacial score (nSPS) is 16.5. The maximum absolute atomic E-state index is 5.76. The van der Waals surface area contributed by atoms with Crippen LogP contribution in [0.3, 0.4) is 0 Å². The van der Waals surface area contributed by atoms with Crippen LogP contribution in [0.15, 0.2) is 29.3 Å². The zero-order chi connectivity index (χ0) is 19.2. The van der Waals surface area contributed by atoms with Crippen LogP contribution >= 0.6 is 24.0 Å². The summed E-state index contributed by atoms with van der Waals surface area (Å²) < 4.78 is 16.8. The molecule has 0 amide bonds. The van der Waals surface area contributed by atoms with Gasteiger partial charge in [0, 0.05) is 39.3 Å². The second-order valence-electron chi connectivity index (χ2n) is 6.86. The van der Waals surface area contributed by atoms with Crippen LogP contribution in [-0.4, -0.2) is 52.6 Å². The number of nitrogens with zero attached hydrogens (tertiary/aromatic N) is 1. The Morgan fingerprint density at radius 2 is 2.14 bits per heavy atom. The Morgan fingerprint density at radius 3 is 2.89 bits per heavy atom. The highest BCUT2D eigenvalue weighted by Crippen LogP contribution is 2.14. The minimum Gasteiger partial charge on any atom is -0.494 e. The summed E-state index contributed by atoms with van der Waals surface area (Å²) in [5, 5.41) is 6.67. The van der Waals surface area contributed by atoms with E-state index in [4.69, 9.17) is 14.2 Å². The highest BCUT2D eigenvalue weighted by atomic mass is 127. The van der Waals surface area contributed by atoms with Crippen LogP contribution in [0.2, 0.25) is 0 Å². The first-order chi connectivity index (χ1) is 13.3. The van der Waals surface area contributed by atoms with Gasteiger partial charge in [-0.05, 0) is 37.0 Å². The van der Waals surface area contributed by atoms with Crippen LogP contribution in [-0.2, 0) is 16.0 Å². The van der Waals surface area contributed by atoms with Gasteiger partial charge in [-0.2, -0.15) is 0 Å². The third kappa shape index (κ3) is 10.5. The fraction of sp³-hybridized carbons (Fsp3) is 0.667. The maximum Gasteiger partial charge on any atom is 0.191 e. The number of nitrogens with one attached hydrogen (secondary N) is 2. The molecule has 28 heavy (non-hydrogen) atoms. The van der Waals surface area contributed by atoms with Crippen molar-refractivity contribution in [1.82, 2.24) is 10.6 Å². The second kappa shape index (κ2) is 15.8. The highest BCUT2D eigenvalue weighted by molar-refractivity contribution is 14.0. The molecule has 7 heteroatoms. The van der Waals surface area contributed by atoms with E-state index in [0.717, 1.165) is 77.0 Å². The van der Waals surface area contributed by atoms with Gasteiger partial charge in [0.15, 0.2) is 5.96 Å². The van der Waals surface area contributed by atoms with Gasteiger partial charge in [-0.25, -0.2) is 0 Å². The van der Waals surface area contributed by atoms with Crippen molar-refractivity contribution in [2.24, 2.45) is 10.9 Å². The number of unbranched alkanes of at least 4 members (excludes halogenated alkanes) is 1. The molecule has 1 atom stereocenters. The largest absolute Gasteiger partial charge is 0.494 e. The third-order valence-electron chi connectivity index (χ3n) is 4.48. The molecule has 0 aromatic heterocycles. The molecule has 1 unspecified atom stereocenters. The molecule has 0 spiro atoms. The van der Waals surface area contributed by atoms with Gasteiger partial charge < -0.3 is 24.8 Å². The molecule has 0 saturated carbocycles. The van der Waals surface area contributed by atoms with Gasteiger partial charge >= 0.3 is 0 Å². The molecule has 1 aromatic carbocycles. The topological polar surface area (TPSA) is 64.1 Å². The van der Waals surface area contributed by atoms with Crippen molar-refractivity contribution in [3.05, 3.63) is 29.8 Å². The zero-order valence-electron chi connectivity index (χ0n) is 17.2. The summed E-state index contributed by atoms with van der Waals surface area (Å²) in [6.07, 6.45) is 4.30. The SMILES string of the molecule is CCCCOc1cccc(CNC(=NC)NCCCOCC2CCOC2)c1.I. The van der Waals surface area contributed by atoms with Gasteiger partial charge in [0.1, 0.15) is 5.75 Å². The Balaban J connectivity index is 0.00000392. The standard InChI is InChI=1S/C21H35N3O3.HI/c1-3-4-12-27-20-8-5-7-18(14-20)15-24-21(22-2)23-10-6-11-25-16-19-9-13-26-17-19;/h5,7-8,14,19H,3-4,6,9-13,15-17H2,1-2H3,(H2,22,23,24);1H. The number of hydrogen-bond acceptors (Lipinski definition) is 4. The van der Waals surface area contributed by atoms with Crippen molar-refractivity contribution >= 4 is 29.9 Å². The van der Waals surface area contributed by atoms with Crippen molar-refractivity contribution in [1.29, 1.82) is 0 Å². The summed E-state index contributed by atoms with van der Waals surface area (Å²) in [4.78, 5) is 4.27. The smallest absolute Gasteiger partial charge is 0.191 e. The quantitative estimate of drug-likeness (QED) is 0.197. The van der Waals surface area contributed by atoms with E-state index in [1.807, 2.05) is 12.1 Å². The number of benzene rings is 1. The van der Waals surface area contributed by atoms with Gasteiger partial charge in [0.2, 0.25) is 0 Å². The molecule has 1 aromatic rings. The Bertz CT molecular complexity index is 551. The molecule has 6 nitrogen and oxygen atoms in total. The Kier molecular flexibility index (Phi) is 14.1. The average molecular weight is 505 g/mol. The van der Waals surface area contributed by atoms with Gasteiger partial charge in [-0.1, -0.05) is 25.5 Å². The number of guanidine groups is 1. The number of ether oxygens (including phenoxy) is 3. The summed E-state index contributed by atoms with van der Waals surface area (Å²) in [7, 11) is 1.79. The van der Waals surface area contributed by atoms with Crippen molar-refractivity contribution in [2.75, 3.05) is 46.6 Å². The van der Waals surface area contributed by atoms with Gasteiger partial charge in [-0.3, -0.25) is 4.99 Å².